The summed E-state index contributed by atoms with van der Waals surface area (Å²) in [5, 5.41) is 19.2. The molecular formula is C24H40BF3N4O2+2. The van der Waals surface area contributed by atoms with Crippen LogP contribution < -0.4 is 21.7 Å². The smallest absolute Gasteiger partial charge is 0.381 e. The lowest BCUT2D eigenvalue weighted by Gasteiger charge is -2.39. The normalized spacial score (nSPS) is 39.1. The summed E-state index contributed by atoms with van der Waals surface area (Å²) in [7, 11) is 5.93. The number of nitrogens with one attached hydrogen (secondary N) is 2. The van der Waals surface area contributed by atoms with E-state index >= 15 is 0 Å². The lowest BCUT2D eigenvalue weighted by Crippen LogP contribution is -2.98. The van der Waals surface area contributed by atoms with Crippen molar-refractivity contribution in [2.45, 2.75) is 81.9 Å². The van der Waals surface area contributed by atoms with E-state index in [0.717, 1.165) is 50.3 Å². The summed E-state index contributed by atoms with van der Waals surface area (Å²) in [5.41, 5.74) is 6.26. The van der Waals surface area contributed by atoms with Crippen LogP contribution in [0.2, 0.25) is 5.82 Å². The van der Waals surface area contributed by atoms with Crippen molar-refractivity contribution in [1.29, 1.82) is 0 Å². The van der Waals surface area contributed by atoms with E-state index in [1.165, 1.54) is 11.4 Å². The Labute approximate surface area is 201 Å². The van der Waals surface area contributed by atoms with Gasteiger partial charge in [0.15, 0.2) is 0 Å². The molecule has 4 aliphatic rings. The minimum atomic E-state index is -4.37. The Bertz CT molecular complexity index is 759. The lowest BCUT2D eigenvalue weighted by atomic mass is 9.69. The average Bonchev–Trinajstić information content (AvgIpc) is 3.32. The zero-order chi connectivity index (χ0) is 24.5. The number of halogens is 3. The second kappa shape index (κ2) is 10.9. The van der Waals surface area contributed by atoms with E-state index in [-0.39, 0.29) is 18.6 Å². The molecule has 34 heavy (non-hydrogen) atoms. The molecule has 10 heteroatoms. The maximum Gasteiger partial charge on any atom is 0.400 e. The molecule has 4 rings (SSSR count). The molecule has 2 radical (unpaired) electrons. The van der Waals surface area contributed by atoms with Gasteiger partial charge in [0.1, 0.15) is 23.7 Å². The summed E-state index contributed by atoms with van der Waals surface area (Å²) in [5.74, 6) is -0.645. The van der Waals surface area contributed by atoms with Crippen LogP contribution in [-0.4, -0.2) is 63.4 Å². The number of allylic oxidation sites excluding steroid dienone is 1. The second-order valence-corrected chi connectivity index (χ2v) is 10.9. The van der Waals surface area contributed by atoms with E-state index in [9.17, 15) is 18.3 Å². The highest BCUT2D eigenvalue weighted by Crippen LogP contribution is 2.40. The Morgan fingerprint density at radius 2 is 2.03 bits per heavy atom. The number of alkyl halides is 3. The van der Waals surface area contributed by atoms with Crippen molar-refractivity contribution in [3.8, 4) is 0 Å². The number of hydrogen-bond donors (Lipinski definition) is 5. The van der Waals surface area contributed by atoms with Crippen LogP contribution in [-0.2, 0) is 4.74 Å². The molecular weight excluding hydrogens is 444 g/mol. The van der Waals surface area contributed by atoms with Gasteiger partial charge in [0.25, 0.3) is 0 Å². The molecule has 2 fully saturated rings. The van der Waals surface area contributed by atoms with Crippen molar-refractivity contribution in [1.82, 2.24) is 10.6 Å². The predicted molar refractivity (Wildman–Crippen MR) is 123 cm³/mol. The summed E-state index contributed by atoms with van der Waals surface area (Å²) in [6.07, 6.45) is 2.51. The van der Waals surface area contributed by atoms with Crippen molar-refractivity contribution in [3.05, 3.63) is 23.4 Å². The van der Waals surface area contributed by atoms with Crippen LogP contribution >= 0.6 is 0 Å². The van der Waals surface area contributed by atoms with Gasteiger partial charge in [-0.15, -0.1) is 0 Å². The molecule has 9 unspecified atom stereocenters. The fourth-order valence-corrected chi connectivity index (χ4v) is 6.61. The number of quaternary nitrogens is 2. The highest BCUT2D eigenvalue weighted by atomic mass is 19.4. The van der Waals surface area contributed by atoms with E-state index in [0.29, 0.717) is 36.7 Å². The maximum atomic E-state index is 13.6. The Hall–Kier alpha value is -1.07. The van der Waals surface area contributed by atoms with Crippen LogP contribution in [0.3, 0.4) is 0 Å². The molecule has 0 amide bonds. The van der Waals surface area contributed by atoms with Gasteiger partial charge in [0.05, 0.1) is 20.7 Å². The Morgan fingerprint density at radius 1 is 1.24 bits per heavy atom. The molecule has 0 bridgehead atoms. The highest BCUT2D eigenvalue weighted by Gasteiger charge is 2.48. The van der Waals surface area contributed by atoms with Crippen LogP contribution in [0.1, 0.15) is 45.4 Å². The second-order valence-electron chi connectivity index (χ2n) is 10.9. The maximum absolute atomic E-state index is 13.6. The van der Waals surface area contributed by atoms with E-state index in [1.54, 1.807) is 0 Å². The third kappa shape index (κ3) is 6.01. The van der Waals surface area contributed by atoms with Gasteiger partial charge in [0, 0.05) is 24.6 Å². The van der Waals surface area contributed by atoms with Crippen molar-refractivity contribution in [2.75, 3.05) is 19.8 Å². The van der Waals surface area contributed by atoms with E-state index in [4.69, 9.17) is 12.6 Å². The standard InChI is InChI=1S/C24H38BF3N4O2/c1-13-7-14(20-11-30-12-34-20)9-15(8-13)21(29)17-3-2-6-31-22(17)23(33)32-19-10-16(25)4-5-18(19)24(26,27)28/h4-5,13-16,18-21,23,30-33H,2-3,6-12,29H2,1H3/p+2. The summed E-state index contributed by atoms with van der Waals surface area (Å²) in [4.78, 5) is 0. The SMILES string of the molecule is [B]C1C=CC(C(F)(F)F)C([NH2+]C(O)C2=C(C([NH3+])C3CC(C)CC(C4CNCO4)C3)CCCN2)C1. The topological polar surface area (TPSA) is 97.8 Å². The largest absolute Gasteiger partial charge is 0.400 e. The third-order valence-corrected chi connectivity index (χ3v) is 8.26. The summed E-state index contributed by atoms with van der Waals surface area (Å²) in [6.45, 7) is 4.47. The number of rotatable bonds is 6. The fraction of sp³-hybridized carbons (Fsp3) is 0.833. The number of aliphatic hydroxyl groups excluding tert-OH is 1. The molecule has 1 saturated heterocycles. The molecule has 0 spiro atoms. The first kappa shape index (κ1) is 26.0. The number of nitrogens with two attached hydrogens (primary N) is 1. The summed E-state index contributed by atoms with van der Waals surface area (Å²) >= 11 is 0. The quantitative estimate of drug-likeness (QED) is 0.217. The molecule has 2 aliphatic carbocycles. The zero-order valence-electron chi connectivity index (χ0n) is 20.1. The third-order valence-electron chi connectivity index (χ3n) is 8.26. The van der Waals surface area contributed by atoms with Crippen molar-refractivity contribution >= 4 is 7.85 Å². The minimum Gasteiger partial charge on any atom is -0.381 e. The molecule has 9 atom stereocenters. The Kier molecular flexibility index (Phi) is 8.34. The number of hydrogen-bond acceptors (Lipinski definition) is 4. The van der Waals surface area contributed by atoms with Crippen LogP contribution in [0.5, 0.6) is 0 Å². The van der Waals surface area contributed by atoms with Gasteiger partial charge in [0.2, 0.25) is 6.23 Å². The zero-order valence-corrected chi connectivity index (χ0v) is 20.1. The van der Waals surface area contributed by atoms with Crippen LogP contribution in [0.25, 0.3) is 0 Å². The molecule has 8 N–H and O–H groups in total. The number of ether oxygens (including phenoxy) is 1. The fourth-order valence-electron chi connectivity index (χ4n) is 6.61. The molecule has 0 aromatic rings. The molecule has 6 nitrogen and oxygen atoms in total. The molecule has 0 aromatic heterocycles. The molecule has 190 valence electrons. The van der Waals surface area contributed by atoms with Crippen molar-refractivity contribution < 1.29 is 34.1 Å². The van der Waals surface area contributed by atoms with Crippen molar-refractivity contribution in [3.63, 3.8) is 0 Å². The molecule has 2 heterocycles. The van der Waals surface area contributed by atoms with Gasteiger partial charge in [-0.05, 0) is 50.4 Å². The van der Waals surface area contributed by atoms with Gasteiger partial charge in [-0.25, -0.2) is 0 Å². The van der Waals surface area contributed by atoms with Crippen LogP contribution in [0.15, 0.2) is 23.4 Å². The van der Waals surface area contributed by atoms with E-state index in [1.807, 2.05) is 0 Å². The minimum absolute atomic E-state index is 0.0115. The van der Waals surface area contributed by atoms with E-state index < -0.39 is 30.2 Å². The van der Waals surface area contributed by atoms with Gasteiger partial charge < -0.3 is 26.2 Å². The Balaban J connectivity index is 1.50. The van der Waals surface area contributed by atoms with Gasteiger partial charge in [-0.1, -0.05) is 24.9 Å². The van der Waals surface area contributed by atoms with Crippen LogP contribution in [0.4, 0.5) is 13.2 Å². The first-order chi connectivity index (χ1) is 16.1. The van der Waals surface area contributed by atoms with Gasteiger partial charge >= 0.3 is 6.18 Å². The molecule has 0 aromatic carbocycles. The lowest BCUT2D eigenvalue weighted by molar-refractivity contribution is -0.753. The van der Waals surface area contributed by atoms with E-state index in [2.05, 4.69) is 23.3 Å². The summed E-state index contributed by atoms with van der Waals surface area (Å²) in [6, 6.07) is -0.848. The molecule has 2 aliphatic heterocycles. The first-order valence-electron chi connectivity index (χ1n) is 12.8. The monoisotopic (exact) mass is 484 g/mol. The number of aliphatic hydroxyl groups is 1. The van der Waals surface area contributed by atoms with Crippen LogP contribution in [0, 0.1) is 23.7 Å². The first-order valence-corrected chi connectivity index (χ1v) is 12.8. The molecule has 1 saturated carbocycles. The predicted octanol–water partition coefficient (Wildman–Crippen LogP) is 0.579. The van der Waals surface area contributed by atoms with Gasteiger partial charge in [-0.2, -0.15) is 13.2 Å². The highest BCUT2D eigenvalue weighted by molar-refractivity contribution is 6.13. The average molecular weight is 484 g/mol. The summed E-state index contributed by atoms with van der Waals surface area (Å²) < 4.78 is 46.7. The van der Waals surface area contributed by atoms with Gasteiger partial charge in [-0.3, -0.25) is 5.32 Å². The Morgan fingerprint density at radius 3 is 2.74 bits per heavy atom. The van der Waals surface area contributed by atoms with Crippen molar-refractivity contribution in [2.24, 2.45) is 23.7 Å².